The average molecular weight is 529 g/mol. The standard InChI is InChI=1S/C38H28N2O/c1-2-9-25(10-3-1)26-18-19-30-32-14-7-13-31-29(20-21-36(38(31)32)41-37(30)24-26)27-11-6-12-28(23-27)33-16-8-17-35(40-33)34-15-4-5-22-39-34/h1-21,23-24,33,39-40H,22H2. The van der Waals surface area contributed by atoms with E-state index in [-0.39, 0.29) is 6.04 Å². The molecule has 41 heavy (non-hydrogen) atoms. The molecule has 0 bridgehead atoms. The second-order valence-corrected chi connectivity index (χ2v) is 10.6. The first kappa shape index (κ1) is 23.6. The van der Waals surface area contributed by atoms with Crippen LogP contribution in [0.15, 0.2) is 151 Å². The van der Waals surface area contributed by atoms with Gasteiger partial charge in [0.05, 0.1) is 17.4 Å². The molecule has 8 rings (SSSR count). The number of hydrogen-bond acceptors (Lipinski definition) is 3. The van der Waals surface area contributed by atoms with Crippen molar-refractivity contribution in [1.29, 1.82) is 0 Å². The number of allylic oxidation sites excluding steroid dienone is 4. The zero-order valence-electron chi connectivity index (χ0n) is 22.5. The van der Waals surface area contributed by atoms with Crippen LogP contribution in [0.4, 0.5) is 0 Å². The Kier molecular flexibility index (Phi) is 5.60. The molecule has 3 aliphatic rings. The van der Waals surface area contributed by atoms with Gasteiger partial charge >= 0.3 is 0 Å². The van der Waals surface area contributed by atoms with Crippen LogP contribution in [-0.4, -0.2) is 6.54 Å². The fourth-order valence-corrected chi connectivity index (χ4v) is 6.13. The monoisotopic (exact) mass is 528 g/mol. The normalized spacial score (nSPS) is 16.6. The fraction of sp³-hybridized carbons (Fsp3) is 0.0526. The van der Waals surface area contributed by atoms with E-state index >= 15 is 0 Å². The smallest absolute Gasteiger partial charge is 0.135 e. The molecule has 3 heteroatoms. The van der Waals surface area contributed by atoms with Gasteiger partial charge in [-0.1, -0.05) is 103 Å². The molecule has 0 aliphatic carbocycles. The van der Waals surface area contributed by atoms with Gasteiger partial charge in [0.25, 0.3) is 0 Å². The Bertz CT molecular complexity index is 1940. The highest BCUT2D eigenvalue weighted by molar-refractivity contribution is 6.10. The molecule has 3 nitrogen and oxygen atoms in total. The van der Waals surface area contributed by atoms with Crippen LogP contribution in [0, 0.1) is 0 Å². The predicted octanol–water partition coefficient (Wildman–Crippen LogP) is 9.07. The molecule has 0 amide bonds. The van der Waals surface area contributed by atoms with Gasteiger partial charge in [-0.05, 0) is 75.2 Å². The van der Waals surface area contributed by atoms with Gasteiger partial charge in [-0.3, -0.25) is 0 Å². The highest BCUT2D eigenvalue weighted by Crippen LogP contribution is 2.49. The van der Waals surface area contributed by atoms with Crippen molar-refractivity contribution < 1.29 is 4.74 Å². The van der Waals surface area contributed by atoms with Crippen molar-refractivity contribution in [3.8, 4) is 44.9 Å². The molecule has 0 saturated heterocycles. The van der Waals surface area contributed by atoms with Gasteiger partial charge in [-0.25, -0.2) is 0 Å². The number of rotatable bonds is 4. The van der Waals surface area contributed by atoms with E-state index in [1.54, 1.807) is 0 Å². The lowest BCUT2D eigenvalue weighted by atomic mass is 9.89. The van der Waals surface area contributed by atoms with Gasteiger partial charge in [0.15, 0.2) is 0 Å². The zero-order valence-corrected chi connectivity index (χ0v) is 22.5. The highest BCUT2D eigenvalue weighted by atomic mass is 16.5. The molecule has 3 aliphatic heterocycles. The third-order valence-corrected chi connectivity index (χ3v) is 8.13. The first-order chi connectivity index (χ1) is 20.3. The molecule has 2 N–H and O–H groups in total. The Hall–Kier alpha value is -5.28. The van der Waals surface area contributed by atoms with Gasteiger partial charge in [-0.15, -0.1) is 0 Å². The highest BCUT2D eigenvalue weighted by Gasteiger charge is 2.23. The van der Waals surface area contributed by atoms with Crippen molar-refractivity contribution in [1.82, 2.24) is 10.6 Å². The van der Waals surface area contributed by atoms with Crippen LogP contribution in [0.1, 0.15) is 11.6 Å². The van der Waals surface area contributed by atoms with Crippen LogP contribution in [0.3, 0.4) is 0 Å². The van der Waals surface area contributed by atoms with Gasteiger partial charge in [0.1, 0.15) is 11.5 Å². The van der Waals surface area contributed by atoms with Crippen molar-refractivity contribution in [2.75, 3.05) is 6.54 Å². The van der Waals surface area contributed by atoms with Gasteiger partial charge in [0.2, 0.25) is 0 Å². The molecule has 0 spiro atoms. The van der Waals surface area contributed by atoms with E-state index < -0.39 is 0 Å². The zero-order chi connectivity index (χ0) is 27.2. The summed E-state index contributed by atoms with van der Waals surface area (Å²) in [6.07, 6.45) is 12.8. The molecule has 5 aromatic rings. The summed E-state index contributed by atoms with van der Waals surface area (Å²) in [4.78, 5) is 0. The number of hydrogen-bond donors (Lipinski definition) is 2. The number of ether oxygens (including phenoxy) is 1. The summed E-state index contributed by atoms with van der Waals surface area (Å²) in [7, 11) is 0. The maximum Gasteiger partial charge on any atom is 0.135 e. The van der Waals surface area contributed by atoms with Crippen LogP contribution in [0.5, 0.6) is 11.5 Å². The first-order valence-corrected chi connectivity index (χ1v) is 14.1. The molecule has 1 atom stereocenters. The Labute approximate surface area is 239 Å². The van der Waals surface area contributed by atoms with E-state index in [0.29, 0.717) is 0 Å². The van der Waals surface area contributed by atoms with Crippen LogP contribution in [0.25, 0.3) is 44.2 Å². The minimum absolute atomic E-state index is 0.0950. The van der Waals surface area contributed by atoms with E-state index in [4.69, 9.17) is 4.74 Å². The maximum atomic E-state index is 6.55. The Balaban J connectivity index is 1.17. The molecular weight excluding hydrogens is 500 g/mol. The SMILES string of the molecule is C1=CCNC(C2=CC=CC(c3cccc(-c4ccc5c6c(cccc46)-c4ccc(-c6ccccc6)cc4O5)c3)N2)=C1. The van der Waals surface area contributed by atoms with Crippen LogP contribution < -0.4 is 15.4 Å². The summed E-state index contributed by atoms with van der Waals surface area (Å²) in [5.74, 6) is 1.81. The van der Waals surface area contributed by atoms with Crippen molar-refractivity contribution in [3.63, 3.8) is 0 Å². The molecule has 3 heterocycles. The predicted molar refractivity (Wildman–Crippen MR) is 169 cm³/mol. The lowest BCUT2D eigenvalue weighted by molar-refractivity contribution is 0.487. The number of nitrogens with one attached hydrogen (secondary N) is 2. The molecular formula is C38H28N2O. The van der Waals surface area contributed by atoms with Crippen LogP contribution in [-0.2, 0) is 0 Å². The molecule has 0 fully saturated rings. The lowest BCUT2D eigenvalue weighted by Crippen LogP contribution is -2.28. The maximum absolute atomic E-state index is 6.55. The largest absolute Gasteiger partial charge is 0.456 e. The molecule has 0 saturated carbocycles. The molecule has 196 valence electrons. The molecule has 5 aromatic carbocycles. The third-order valence-electron chi connectivity index (χ3n) is 8.13. The lowest BCUT2D eigenvalue weighted by Gasteiger charge is -2.26. The Morgan fingerprint density at radius 2 is 1.46 bits per heavy atom. The van der Waals surface area contributed by atoms with Crippen molar-refractivity contribution in [3.05, 3.63) is 157 Å². The second kappa shape index (κ2) is 9.72. The summed E-state index contributed by atoms with van der Waals surface area (Å²) in [6.45, 7) is 0.849. The van der Waals surface area contributed by atoms with Crippen LogP contribution >= 0.6 is 0 Å². The number of fused-ring (bicyclic) bond motifs is 2. The average Bonchev–Trinajstić information content (AvgIpc) is 3.06. The topological polar surface area (TPSA) is 33.3 Å². The fourth-order valence-electron chi connectivity index (χ4n) is 6.13. The minimum atomic E-state index is 0.0950. The quantitative estimate of drug-likeness (QED) is 0.239. The summed E-state index contributed by atoms with van der Waals surface area (Å²) < 4.78 is 6.55. The van der Waals surface area contributed by atoms with Gasteiger partial charge in [-0.2, -0.15) is 0 Å². The summed E-state index contributed by atoms with van der Waals surface area (Å²) in [5, 5.41) is 9.53. The van der Waals surface area contributed by atoms with E-state index in [9.17, 15) is 0 Å². The van der Waals surface area contributed by atoms with Gasteiger partial charge < -0.3 is 15.4 Å². The Morgan fingerprint density at radius 1 is 0.610 bits per heavy atom. The van der Waals surface area contributed by atoms with E-state index in [2.05, 4.69) is 144 Å². The van der Waals surface area contributed by atoms with Crippen molar-refractivity contribution >= 4 is 10.8 Å². The van der Waals surface area contributed by atoms with Gasteiger partial charge in [0, 0.05) is 17.5 Å². The molecule has 0 aromatic heterocycles. The van der Waals surface area contributed by atoms with Crippen molar-refractivity contribution in [2.24, 2.45) is 0 Å². The van der Waals surface area contributed by atoms with Crippen LogP contribution in [0.2, 0.25) is 0 Å². The minimum Gasteiger partial charge on any atom is -0.456 e. The Morgan fingerprint density at radius 3 is 2.37 bits per heavy atom. The second-order valence-electron chi connectivity index (χ2n) is 10.6. The van der Waals surface area contributed by atoms with E-state index in [0.717, 1.165) is 40.6 Å². The molecule has 1 unspecified atom stereocenters. The summed E-state index contributed by atoms with van der Waals surface area (Å²) >= 11 is 0. The van der Waals surface area contributed by atoms with Crippen molar-refractivity contribution in [2.45, 2.75) is 6.04 Å². The first-order valence-electron chi connectivity index (χ1n) is 14.1. The number of benzene rings is 5. The van der Waals surface area contributed by atoms with E-state index in [1.807, 2.05) is 6.07 Å². The number of dihydropyridines is 2. The summed E-state index contributed by atoms with van der Waals surface area (Å²) in [6, 6.07) is 36.9. The summed E-state index contributed by atoms with van der Waals surface area (Å²) in [5.41, 5.74) is 10.5. The third kappa shape index (κ3) is 4.14. The molecule has 0 radical (unpaired) electrons. The van der Waals surface area contributed by atoms with E-state index in [1.165, 1.54) is 38.6 Å².